The second kappa shape index (κ2) is 11.2. The van der Waals surface area contributed by atoms with Gasteiger partial charge in [0.05, 0.1) is 26.9 Å². The lowest BCUT2D eigenvalue weighted by atomic mass is 9.95. The molecule has 2 aromatic carbocycles. The first kappa shape index (κ1) is 23.9. The molecule has 1 amide bonds. The van der Waals surface area contributed by atoms with E-state index in [1.807, 2.05) is 19.2 Å². The standard InChI is InChI=1S/C25H33FN2O4/c1-27(25(29)20-9-10-22(30-2)24(32-4)23(20)31-3)17-18-11-14-28(15-12-18)16-13-19-7-5-6-8-21(19)26/h5-10,18H,11-17H2,1-4H3. The number of rotatable bonds is 9. The van der Waals surface area contributed by atoms with E-state index in [2.05, 4.69) is 4.90 Å². The van der Waals surface area contributed by atoms with Crippen LogP contribution in [0, 0.1) is 11.7 Å². The average Bonchev–Trinajstić information content (AvgIpc) is 2.82. The summed E-state index contributed by atoms with van der Waals surface area (Å²) >= 11 is 0. The van der Waals surface area contributed by atoms with Crippen molar-refractivity contribution in [3.05, 3.63) is 53.3 Å². The number of halogens is 1. The number of carbonyl (C=O) groups excluding carboxylic acids is 1. The van der Waals surface area contributed by atoms with Gasteiger partial charge in [0.15, 0.2) is 11.5 Å². The lowest BCUT2D eigenvalue weighted by molar-refractivity contribution is 0.0736. The van der Waals surface area contributed by atoms with Gasteiger partial charge in [-0.15, -0.1) is 0 Å². The van der Waals surface area contributed by atoms with Gasteiger partial charge in [-0.2, -0.15) is 0 Å². The number of hydrogen-bond acceptors (Lipinski definition) is 5. The van der Waals surface area contributed by atoms with Crippen LogP contribution in [0.15, 0.2) is 36.4 Å². The molecule has 0 bridgehead atoms. The van der Waals surface area contributed by atoms with Gasteiger partial charge in [-0.1, -0.05) is 18.2 Å². The maximum absolute atomic E-state index is 13.8. The first-order valence-electron chi connectivity index (χ1n) is 11.0. The van der Waals surface area contributed by atoms with Crippen LogP contribution in [0.4, 0.5) is 4.39 Å². The first-order chi connectivity index (χ1) is 15.5. The molecule has 0 unspecified atom stereocenters. The Morgan fingerprint density at radius 3 is 2.34 bits per heavy atom. The maximum Gasteiger partial charge on any atom is 0.257 e. The summed E-state index contributed by atoms with van der Waals surface area (Å²) in [5.41, 5.74) is 1.22. The second-order valence-electron chi connectivity index (χ2n) is 8.19. The molecule has 1 saturated heterocycles. The molecule has 0 spiro atoms. The Bertz CT molecular complexity index is 913. The Hall–Kier alpha value is -2.80. The molecule has 174 valence electrons. The minimum Gasteiger partial charge on any atom is -0.493 e. The van der Waals surface area contributed by atoms with E-state index < -0.39 is 0 Å². The molecular weight excluding hydrogens is 411 g/mol. The van der Waals surface area contributed by atoms with E-state index in [9.17, 15) is 9.18 Å². The number of methoxy groups -OCH3 is 3. The number of ether oxygens (including phenoxy) is 3. The highest BCUT2D eigenvalue weighted by atomic mass is 19.1. The lowest BCUT2D eigenvalue weighted by Gasteiger charge is -2.34. The van der Waals surface area contributed by atoms with Crippen molar-refractivity contribution in [1.82, 2.24) is 9.80 Å². The van der Waals surface area contributed by atoms with Gasteiger partial charge < -0.3 is 24.0 Å². The molecule has 6 nitrogen and oxygen atoms in total. The molecule has 1 aliphatic rings. The molecule has 1 fully saturated rings. The van der Waals surface area contributed by atoms with E-state index in [1.54, 1.807) is 30.2 Å². The molecule has 0 radical (unpaired) electrons. The van der Waals surface area contributed by atoms with Crippen LogP contribution in [-0.4, -0.2) is 70.3 Å². The minimum absolute atomic E-state index is 0.107. The molecule has 0 N–H and O–H groups in total. The van der Waals surface area contributed by atoms with Crippen molar-refractivity contribution in [2.45, 2.75) is 19.3 Å². The predicted octanol–water partition coefficient (Wildman–Crippen LogP) is 3.88. The number of likely N-dealkylation sites (tertiary alicyclic amines) is 1. The Labute approximate surface area is 189 Å². The fraction of sp³-hybridized carbons (Fsp3) is 0.480. The smallest absolute Gasteiger partial charge is 0.257 e. The third-order valence-electron chi connectivity index (χ3n) is 6.18. The number of carbonyl (C=O) groups is 1. The summed E-state index contributed by atoms with van der Waals surface area (Å²) in [6, 6.07) is 10.4. The summed E-state index contributed by atoms with van der Waals surface area (Å²) in [6.45, 7) is 3.45. The second-order valence-corrected chi connectivity index (χ2v) is 8.19. The normalized spacial score (nSPS) is 14.8. The fourth-order valence-corrected chi connectivity index (χ4v) is 4.32. The van der Waals surface area contributed by atoms with Crippen LogP contribution in [0.1, 0.15) is 28.8 Å². The third-order valence-corrected chi connectivity index (χ3v) is 6.18. The number of piperidine rings is 1. The van der Waals surface area contributed by atoms with Crippen LogP contribution in [0.25, 0.3) is 0 Å². The van der Waals surface area contributed by atoms with E-state index in [0.29, 0.717) is 35.3 Å². The number of benzene rings is 2. The fourth-order valence-electron chi connectivity index (χ4n) is 4.32. The zero-order valence-corrected chi connectivity index (χ0v) is 19.4. The molecule has 2 aromatic rings. The number of nitrogens with zero attached hydrogens (tertiary/aromatic N) is 2. The first-order valence-corrected chi connectivity index (χ1v) is 11.0. The average molecular weight is 445 g/mol. The Morgan fingerprint density at radius 2 is 1.72 bits per heavy atom. The molecule has 0 aromatic heterocycles. The Morgan fingerprint density at radius 1 is 1.03 bits per heavy atom. The molecule has 1 aliphatic heterocycles. The molecule has 0 saturated carbocycles. The van der Waals surface area contributed by atoms with Crippen molar-refractivity contribution in [2.75, 3.05) is 54.6 Å². The van der Waals surface area contributed by atoms with Gasteiger partial charge in [0, 0.05) is 20.1 Å². The predicted molar refractivity (Wildman–Crippen MR) is 122 cm³/mol. The highest BCUT2D eigenvalue weighted by Gasteiger charge is 2.26. The van der Waals surface area contributed by atoms with Gasteiger partial charge in [0.2, 0.25) is 5.75 Å². The molecule has 7 heteroatoms. The van der Waals surface area contributed by atoms with Crippen molar-refractivity contribution in [3.8, 4) is 17.2 Å². The molecule has 0 aliphatic carbocycles. The van der Waals surface area contributed by atoms with E-state index >= 15 is 0 Å². The van der Waals surface area contributed by atoms with Crippen molar-refractivity contribution >= 4 is 5.91 Å². The van der Waals surface area contributed by atoms with Crippen LogP contribution in [0.3, 0.4) is 0 Å². The van der Waals surface area contributed by atoms with Gasteiger partial charge in [-0.3, -0.25) is 4.79 Å². The van der Waals surface area contributed by atoms with Crippen molar-refractivity contribution in [3.63, 3.8) is 0 Å². The van der Waals surface area contributed by atoms with E-state index in [-0.39, 0.29) is 11.7 Å². The summed E-state index contributed by atoms with van der Waals surface area (Å²) in [4.78, 5) is 17.3. The highest BCUT2D eigenvalue weighted by molar-refractivity contribution is 5.98. The summed E-state index contributed by atoms with van der Waals surface area (Å²) in [7, 11) is 6.42. The van der Waals surface area contributed by atoms with Gasteiger partial charge in [0.1, 0.15) is 5.82 Å². The molecule has 1 heterocycles. The van der Waals surface area contributed by atoms with Crippen molar-refractivity contribution in [2.24, 2.45) is 5.92 Å². The SMILES string of the molecule is COc1ccc(C(=O)N(C)CC2CCN(CCc3ccccc3F)CC2)c(OC)c1OC. The molecule has 32 heavy (non-hydrogen) atoms. The molecular formula is C25H33FN2O4. The summed E-state index contributed by atoms with van der Waals surface area (Å²) in [6.07, 6.45) is 2.74. The third kappa shape index (κ3) is 5.51. The lowest BCUT2D eigenvalue weighted by Crippen LogP contribution is -2.40. The van der Waals surface area contributed by atoms with Gasteiger partial charge in [-0.25, -0.2) is 4.39 Å². The summed E-state index contributed by atoms with van der Waals surface area (Å²) < 4.78 is 30.0. The Kier molecular flexibility index (Phi) is 8.33. The van der Waals surface area contributed by atoms with Crippen LogP contribution in [-0.2, 0) is 6.42 Å². The highest BCUT2D eigenvalue weighted by Crippen LogP contribution is 2.40. The largest absolute Gasteiger partial charge is 0.493 e. The number of hydrogen-bond donors (Lipinski definition) is 0. The summed E-state index contributed by atoms with van der Waals surface area (Å²) in [5.74, 6) is 1.51. The van der Waals surface area contributed by atoms with E-state index in [1.165, 1.54) is 20.3 Å². The molecule has 3 rings (SSSR count). The monoisotopic (exact) mass is 444 g/mol. The molecule has 0 atom stereocenters. The van der Waals surface area contributed by atoms with Gasteiger partial charge >= 0.3 is 0 Å². The summed E-state index contributed by atoms with van der Waals surface area (Å²) in [5, 5.41) is 0. The topological polar surface area (TPSA) is 51.2 Å². The van der Waals surface area contributed by atoms with E-state index in [0.717, 1.165) is 44.5 Å². The van der Waals surface area contributed by atoms with E-state index in [4.69, 9.17) is 14.2 Å². The van der Waals surface area contributed by atoms with Crippen molar-refractivity contribution in [1.29, 1.82) is 0 Å². The van der Waals surface area contributed by atoms with Gasteiger partial charge in [-0.05, 0) is 62.0 Å². The van der Waals surface area contributed by atoms with Crippen LogP contribution < -0.4 is 14.2 Å². The Balaban J connectivity index is 1.54. The maximum atomic E-state index is 13.8. The number of amides is 1. The van der Waals surface area contributed by atoms with Crippen LogP contribution in [0.2, 0.25) is 0 Å². The zero-order chi connectivity index (χ0) is 23.1. The zero-order valence-electron chi connectivity index (χ0n) is 19.4. The minimum atomic E-state index is -0.131. The van der Waals surface area contributed by atoms with Crippen LogP contribution >= 0.6 is 0 Å². The van der Waals surface area contributed by atoms with Gasteiger partial charge in [0.25, 0.3) is 5.91 Å². The van der Waals surface area contributed by atoms with Crippen molar-refractivity contribution < 1.29 is 23.4 Å². The quantitative estimate of drug-likeness (QED) is 0.588. The van der Waals surface area contributed by atoms with Crippen LogP contribution in [0.5, 0.6) is 17.2 Å².